The molecule has 0 aromatic heterocycles. The lowest BCUT2D eigenvalue weighted by molar-refractivity contribution is -0.122. The maximum atomic E-state index is 12.1. The molecule has 0 bridgehead atoms. The molecule has 1 aromatic rings. The van der Waals surface area contributed by atoms with Crippen molar-refractivity contribution in [2.45, 2.75) is 19.9 Å². The SMILES string of the molecule is CC1(CN2CCN(CC(=O)NCc3ccccc3)CC2)CCNC1.Cl. The summed E-state index contributed by atoms with van der Waals surface area (Å²) in [5, 5.41) is 6.49. The van der Waals surface area contributed by atoms with Crippen molar-refractivity contribution in [3.63, 3.8) is 0 Å². The fourth-order valence-electron chi connectivity index (χ4n) is 3.70. The molecule has 2 aliphatic heterocycles. The Kier molecular flexibility index (Phi) is 7.69. The number of amides is 1. The van der Waals surface area contributed by atoms with Crippen molar-refractivity contribution < 1.29 is 4.79 Å². The second kappa shape index (κ2) is 9.53. The van der Waals surface area contributed by atoms with Gasteiger partial charge in [0.05, 0.1) is 6.54 Å². The van der Waals surface area contributed by atoms with Crippen LogP contribution in [-0.2, 0) is 11.3 Å². The molecule has 0 radical (unpaired) electrons. The van der Waals surface area contributed by atoms with Crippen molar-refractivity contribution >= 4 is 18.3 Å². The summed E-state index contributed by atoms with van der Waals surface area (Å²) in [7, 11) is 0. The van der Waals surface area contributed by atoms with Gasteiger partial charge in [0.1, 0.15) is 0 Å². The monoisotopic (exact) mass is 366 g/mol. The molecular weight excluding hydrogens is 336 g/mol. The highest BCUT2D eigenvalue weighted by molar-refractivity contribution is 5.85. The summed E-state index contributed by atoms with van der Waals surface area (Å²) < 4.78 is 0. The second-order valence-corrected chi connectivity index (χ2v) is 7.55. The molecule has 2 heterocycles. The summed E-state index contributed by atoms with van der Waals surface area (Å²) in [6.45, 7) is 11.1. The Morgan fingerprint density at radius 3 is 2.48 bits per heavy atom. The smallest absolute Gasteiger partial charge is 0.234 e. The largest absolute Gasteiger partial charge is 0.351 e. The summed E-state index contributed by atoms with van der Waals surface area (Å²) in [6.07, 6.45) is 1.27. The molecule has 5 nitrogen and oxygen atoms in total. The van der Waals surface area contributed by atoms with Crippen molar-refractivity contribution in [3.05, 3.63) is 35.9 Å². The van der Waals surface area contributed by atoms with E-state index in [1.54, 1.807) is 0 Å². The Balaban J connectivity index is 0.00000225. The van der Waals surface area contributed by atoms with Gasteiger partial charge in [-0.25, -0.2) is 0 Å². The Bertz CT molecular complexity index is 525. The number of carbonyl (C=O) groups excluding carboxylic acids is 1. The lowest BCUT2D eigenvalue weighted by Gasteiger charge is -2.38. The van der Waals surface area contributed by atoms with Gasteiger partial charge in [0.2, 0.25) is 5.91 Å². The average molecular weight is 367 g/mol. The van der Waals surface area contributed by atoms with Crippen molar-refractivity contribution in [1.82, 2.24) is 20.4 Å². The predicted octanol–water partition coefficient (Wildman–Crippen LogP) is 1.34. The summed E-state index contributed by atoms with van der Waals surface area (Å²) >= 11 is 0. The van der Waals surface area contributed by atoms with Gasteiger partial charge in [-0.2, -0.15) is 0 Å². The van der Waals surface area contributed by atoms with Gasteiger partial charge in [-0.15, -0.1) is 12.4 Å². The number of halogens is 1. The fourth-order valence-corrected chi connectivity index (χ4v) is 3.70. The summed E-state index contributed by atoms with van der Waals surface area (Å²) in [6, 6.07) is 10.1. The van der Waals surface area contributed by atoms with Crippen molar-refractivity contribution in [2.24, 2.45) is 5.41 Å². The number of rotatable bonds is 6. The molecular formula is C19H31ClN4O. The number of nitrogens with one attached hydrogen (secondary N) is 2. The van der Waals surface area contributed by atoms with Gasteiger partial charge in [0.15, 0.2) is 0 Å². The van der Waals surface area contributed by atoms with E-state index >= 15 is 0 Å². The maximum Gasteiger partial charge on any atom is 0.234 e. The zero-order valence-corrected chi connectivity index (χ0v) is 16.0. The van der Waals surface area contributed by atoms with E-state index in [4.69, 9.17) is 0 Å². The van der Waals surface area contributed by atoms with Gasteiger partial charge < -0.3 is 15.5 Å². The van der Waals surface area contributed by atoms with Crippen molar-refractivity contribution in [2.75, 3.05) is 52.4 Å². The van der Waals surface area contributed by atoms with Gasteiger partial charge in [-0.05, 0) is 23.9 Å². The summed E-state index contributed by atoms with van der Waals surface area (Å²) in [5.41, 5.74) is 1.57. The number of piperazine rings is 1. The normalized spacial score (nSPS) is 24.7. The molecule has 1 unspecified atom stereocenters. The van der Waals surface area contributed by atoms with Gasteiger partial charge in [0.25, 0.3) is 0 Å². The molecule has 1 amide bonds. The van der Waals surface area contributed by atoms with E-state index in [1.165, 1.54) is 13.0 Å². The maximum absolute atomic E-state index is 12.1. The third-order valence-corrected chi connectivity index (χ3v) is 5.23. The topological polar surface area (TPSA) is 47.6 Å². The van der Waals surface area contributed by atoms with E-state index in [0.717, 1.165) is 44.8 Å². The predicted molar refractivity (Wildman–Crippen MR) is 104 cm³/mol. The average Bonchev–Trinajstić information content (AvgIpc) is 3.02. The van der Waals surface area contributed by atoms with Crippen molar-refractivity contribution in [1.29, 1.82) is 0 Å². The number of hydrogen-bond donors (Lipinski definition) is 2. The van der Waals surface area contributed by atoms with Gasteiger partial charge in [0, 0.05) is 45.8 Å². The standard InChI is InChI=1S/C19H30N4O.ClH/c1-19(7-8-20-15-19)16-23-11-9-22(10-12-23)14-18(24)21-13-17-5-3-2-4-6-17;/h2-6,20H,7-16H2,1H3,(H,21,24);1H. The highest BCUT2D eigenvalue weighted by Crippen LogP contribution is 2.26. The highest BCUT2D eigenvalue weighted by Gasteiger charge is 2.31. The van der Waals surface area contributed by atoms with Crippen LogP contribution in [0.1, 0.15) is 18.9 Å². The molecule has 2 fully saturated rings. The molecule has 2 saturated heterocycles. The molecule has 2 N–H and O–H groups in total. The van der Waals surface area contributed by atoms with Crippen LogP contribution in [-0.4, -0.2) is 68.1 Å². The number of benzene rings is 1. The summed E-state index contributed by atoms with van der Waals surface area (Å²) in [4.78, 5) is 17.0. The lowest BCUT2D eigenvalue weighted by Crippen LogP contribution is -2.51. The molecule has 1 aromatic carbocycles. The van der Waals surface area contributed by atoms with E-state index in [2.05, 4.69) is 27.4 Å². The van der Waals surface area contributed by atoms with Crippen LogP contribution in [0.5, 0.6) is 0 Å². The molecule has 2 aliphatic rings. The van der Waals surface area contributed by atoms with Crippen LogP contribution in [0.15, 0.2) is 30.3 Å². The van der Waals surface area contributed by atoms with Crippen LogP contribution in [0.2, 0.25) is 0 Å². The first-order valence-corrected chi connectivity index (χ1v) is 9.09. The van der Waals surface area contributed by atoms with E-state index in [9.17, 15) is 4.79 Å². The first-order chi connectivity index (χ1) is 11.6. The molecule has 0 spiro atoms. The zero-order valence-electron chi connectivity index (χ0n) is 15.2. The van der Waals surface area contributed by atoms with Gasteiger partial charge >= 0.3 is 0 Å². The van der Waals surface area contributed by atoms with Gasteiger partial charge in [-0.1, -0.05) is 37.3 Å². The number of nitrogens with zero attached hydrogens (tertiary/aromatic N) is 2. The molecule has 3 rings (SSSR count). The third kappa shape index (κ3) is 6.26. The van der Waals surface area contributed by atoms with Crippen LogP contribution < -0.4 is 10.6 Å². The quantitative estimate of drug-likeness (QED) is 0.797. The Morgan fingerprint density at radius 1 is 1.16 bits per heavy atom. The van der Waals surface area contributed by atoms with Crippen molar-refractivity contribution in [3.8, 4) is 0 Å². The molecule has 25 heavy (non-hydrogen) atoms. The molecule has 6 heteroatoms. The number of hydrogen-bond acceptors (Lipinski definition) is 4. The van der Waals surface area contributed by atoms with Crippen LogP contribution in [0.4, 0.5) is 0 Å². The highest BCUT2D eigenvalue weighted by atomic mass is 35.5. The van der Waals surface area contributed by atoms with Gasteiger partial charge in [-0.3, -0.25) is 9.69 Å². The minimum absolute atomic E-state index is 0. The fraction of sp³-hybridized carbons (Fsp3) is 0.632. The van der Waals surface area contributed by atoms with E-state index < -0.39 is 0 Å². The minimum Gasteiger partial charge on any atom is -0.351 e. The zero-order chi connectivity index (χ0) is 16.8. The summed E-state index contributed by atoms with van der Waals surface area (Å²) in [5.74, 6) is 0.124. The van der Waals surface area contributed by atoms with Crippen LogP contribution in [0.25, 0.3) is 0 Å². The Hall–Kier alpha value is -1.14. The molecule has 140 valence electrons. The van der Waals surface area contributed by atoms with E-state index in [1.807, 2.05) is 30.3 Å². The number of carbonyl (C=O) groups is 1. The lowest BCUT2D eigenvalue weighted by atomic mass is 9.89. The third-order valence-electron chi connectivity index (χ3n) is 5.23. The minimum atomic E-state index is 0. The van der Waals surface area contributed by atoms with E-state index in [-0.39, 0.29) is 18.3 Å². The first kappa shape index (κ1) is 20.2. The van der Waals surface area contributed by atoms with E-state index in [0.29, 0.717) is 18.5 Å². The van der Waals surface area contributed by atoms with Crippen LogP contribution >= 0.6 is 12.4 Å². The Labute approximate surface area is 157 Å². The van der Waals surface area contributed by atoms with Crippen LogP contribution in [0.3, 0.4) is 0 Å². The first-order valence-electron chi connectivity index (χ1n) is 9.09. The Morgan fingerprint density at radius 2 is 1.84 bits per heavy atom. The van der Waals surface area contributed by atoms with Crippen LogP contribution in [0, 0.1) is 5.41 Å². The molecule has 0 saturated carbocycles. The molecule has 1 atom stereocenters. The second-order valence-electron chi connectivity index (χ2n) is 7.55. The molecule has 0 aliphatic carbocycles.